The van der Waals surface area contributed by atoms with Crippen molar-refractivity contribution in [1.29, 1.82) is 0 Å². The van der Waals surface area contributed by atoms with Crippen molar-refractivity contribution >= 4 is 17.7 Å². The first-order valence-corrected chi connectivity index (χ1v) is 10.8. The molecule has 0 aromatic carbocycles. The molecule has 5 nitrogen and oxygen atoms in total. The normalized spacial score (nSPS) is 21.6. The number of hydrogen-bond donors (Lipinski definition) is 2. The van der Waals surface area contributed by atoms with Gasteiger partial charge in [0.05, 0.1) is 0 Å². The third kappa shape index (κ3) is 6.92. The summed E-state index contributed by atoms with van der Waals surface area (Å²) in [6.07, 6.45) is 9.09. The Morgan fingerprint density at radius 3 is 2.96 bits per heavy atom. The molecule has 1 aromatic rings. The minimum Gasteiger partial charge on any atom is -0.357 e. The van der Waals surface area contributed by atoms with Crippen molar-refractivity contribution in [2.45, 2.75) is 77.8 Å². The van der Waals surface area contributed by atoms with Crippen LogP contribution in [0.5, 0.6) is 0 Å². The summed E-state index contributed by atoms with van der Waals surface area (Å²) < 4.78 is 2.21. The molecular formula is C19H35N5S. The molecule has 0 aliphatic heterocycles. The van der Waals surface area contributed by atoms with Gasteiger partial charge < -0.3 is 15.2 Å². The van der Waals surface area contributed by atoms with E-state index in [1.807, 2.05) is 6.20 Å². The lowest BCUT2D eigenvalue weighted by molar-refractivity contribution is 0.418. The molecule has 0 spiro atoms. The third-order valence-electron chi connectivity index (χ3n) is 4.46. The average Bonchev–Trinajstić information content (AvgIpc) is 3.00. The van der Waals surface area contributed by atoms with Crippen molar-refractivity contribution in [3.63, 3.8) is 0 Å². The number of aliphatic imine (C=N–C) groups is 1. The van der Waals surface area contributed by atoms with Gasteiger partial charge >= 0.3 is 0 Å². The Morgan fingerprint density at radius 1 is 1.40 bits per heavy atom. The number of thioether (sulfide) groups is 1. The topological polar surface area (TPSA) is 54.2 Å². The molecule has 2 rings (SSSR count). The summed E-state index contributed by atoms with van der Waals surface area (Å²) in [7, 11) is 0. The number of imidazole rings is 1. The zero-order chi connectivity index (χ0) is 18.1. The number of nitrogens with zero attached hydrogens (tertiary/aromatic N) is 3. The molecule has 0 bridgehead atoms. The highest BCUT2D eigenvalue weighted by Gasteiger charge is 2.22. The van der Waals surface area contributed by atoms with Crippen molar-refractivity contribution in [3.05, 3.63) is 18.2 Å². The third-order valence-corrected chi connectivity index (χ3v) is 5.69. The van der Waals surface area contributed by atoms with Crippen LogP contribution in [0.4, 0.5) is 0 Å². The Balaban J connectivity index is 1.95. The summed E-state index contributed by atoms with van der Waals surface area (Å²) in [6, 6.07) is 0.533. The van der Waals surface area contributed by atoms with Crippen LogP contribution in [0.25, 0.3) is 0 Å². The van der Waals surface area contributed by atoms with Crippen molar-refractivity contribution in [3.8, 4) is 0 Å². The molecular weight excluding hydrogens is 330 g/mol. The number of aromatic nitrogens is 2. The molecule has 0 amide bonds. The predicted octanol–water partition coefficient (Wildman–Crippen LogP) is 3.66. The van der Waals surface area contributed by atoms with Crippen LogP contribution in [0.3, 0.4) is 0 Å². The van der Waals surface area contributed by atoms with Gasteiger partial charge in [0.15, 0.2) is 5.96 Å². The van der Waals surface area contributed by atoms with E-state index in [2.05, 4.69) is 65.8 Å². The summed E-state index contributed by atoms with van der Waals surface area (Å²) in [4.78, 5) is 9.27. The van der Waals surface area contributed by atoms with Gasteiger partial charge in [0.2, 0.25) is 0 Å². The summed E-state index contributed by atoms with van der Waals surface area (Å²) in [5.41, 5.74) is 0. The second kappa shape index (κ2) is 10.7. The first-order valence-electron chi connectivity index (χ1n) is 9.78. The van der Waals surface area contributed by atoms with E-state index in [-0.39, 0.29) is 0 Å². The smallest absolute Gasteiger partial charge is 0.191 e. The SMILES string of the molecule is CCNC(=NCc1nccn1CC(C)C)NC1CCCC(SCC)C1. The summed E-state index contributed by atoms with van der Waals surface area (Å²) in [6.45, 7) is 11.3. The molecule has 1 aliphatic carbocycles. The van der Waals surface area contributed by atoms with Crippen molar-refractivity contribution in [2.24, 2.45) is 10.9 Å². The number of nitrogens with one attached hydrogen (secondary N) is 2. The van der Waals surface area contributed by atoms with Gasteiger partial charge in [0.1, 0.15) is 12.4 Å². The molecule has 1 fully saturated rings. The monoisotopic (exact) mass is 365 g/mol. The van der Waals surface area contributed by atoms with Gasteiger partial charge in [0, 0.05) is 36.8 Å². The maximum Gasteiger partial charge on any atom is 0.191 e. The quantitative estimate of drug-likeness (QED) is 0.545. The highest BCUT2D eigenvalue weighted by Crippen LogP contribution is 2.28. The maximum atomic E-state index is 4.79. The standard InChI is InChI=1S/C19H35N5S/c1-5-20-19(23-16-8-7-9-17(12-16)25-6-2)22-13-18-21-10-11-24(18)14-15(3)4/h10-11,15-17H,5-9,12-14H2,1-4H3,(H2,20,22,23). The lowest BCUT2D eigenvalue weighted by atomic mass is 9.95. The number of guanidine groups is 1. The lowest BCUT2D eigenvalue weighted by Crippen LogP contribution is -2.45. The summed E-state index contributed by atoms with van der Waals surface area (Å²) in [5, 5.41) is 7.85. The van der Waals surface area contributed by atoms with Crippen LogP contribution >= 0.6 is 11.8 Å². The number of rotatable bonds is 8. The minimum absolute atomic E-state index is 0.533. The van der Waals surface area contributed by atoms with Crippen LogP contribution in [-0.4, -0.2) is 39.1 Å². The van der Waals surface area contributed by atoms with Crippen LogP contribution in [0, 0.1) is 5.92 Å². The van der Waals surface area contributed by atoms with Gasteiger partial charge in [0.25, 0.3) is 0 Å². The van der Waals surface area contributed by atoms with Gasteiger partial charge in [-0.15, -0.1) is 0 Å². The van der Waals surface area contributed by atoms with Crippen LogP contribution in [0.1, 0.15) is 59.2 Å². The van der Waals surface area contributed by atoms with E-state index >= 15 is 0 Å². The first kappa shape index (κ1) is 20.1. The van der Waals surface area contributed by atoms with E-state index in [0.717, 1.165) is 30.1 Å². The molecule has 0 saturated heterocycles. The number of hydrogen-bond acceptors (Lipinski definition) is 3. The average molecular weight is 366 g/mol. The van der Waals surface area contributed by atoms with Crippen LogP contribution < -0.4 is 10.6 Å². The maximum absolute atomic E-state index is 4.79. The van der Waals surface area contributed by atoms with Crippen molar-refractivity contribution < 1.29 is 0 Å². The fraction of sp³-hybridized carbons (Fsp3) is 0.789. The second-order valence-corrected chi connectivity index (χ2v) is 8.75. The van der Waals surface area contributed by atoms with Crippen LogP contribution in [0.15, 0.2) is 17.4 Å². The van der Waals surface area contributed by atoms with Crippen molar-refractivity contribution in [1.82, 2.24) is 20.2 Å². The Kier molecular flexibility index (Phi) is 8.65. The highest BCUT2D eigenvalue weighted by molar-refractivity contribution is 7.99. The molecule has 1 heterocycles. The van der Waals surface area contributed by atoms with E-state index in [9.17, 15) is 0 Å². The Morgan fingerprint density at radius 2 is 2.24 bits per heavy atom. The molecule has 6 heteroatoms. The molecule has 2 unspecified atom stereocenters. The second-order valence-electron chi connectivity index (χ2n) is 7.17. The Labute approximate surface area is 157 Å². The van der Waals surface area contributed by atoms with E-state index < -0.39 is 0 Å². The van der Waals surface area contributed by atoms with Gasteiger partial charge in [-0.25, -0.2) is 9.98 Å². The molecule has 1 aliphatic rings. The first-order chi connectivity index (χ1) is 12.1. The largest absolute Gasteiger partial charge is 0.357 e. The van der Waals surface area contributed by atoms with E-state index in [1.165, 1.54) is 31.4 Å². The summed E-state index contributed by atoms with van der Waals surface area (Å²) in [5.74, 6) is 3.78. The lowest BCUT2D eigenvalue weighted by Gasteiger charge is -2.30. The van der Waals surface area contributed by atoms with Gasteiger partial charge in [-0.05, 0) is 37.9 Å². The Bertz CT molecular complexity index is 524. The van der Waals surface area contributed by atoms with Crippen LogP contribution in [0.2, 0.25) is 0 Å². The van der Waals surface area contributed by atoms with Gasteiger partial charge in [-0.2, -0.15) is 11.8 Å². The van der Waals surface area contributed by atoms with Crippen molar-refractivity contribution in [2.75, 3.05) is 12.3 Å². The fourth-order valence-electron chi connectivity index (χ4n) is 3.38. The van der Waals surface area contributed by atoms with Gasteiger partial charge in [-0.1, -0.05) is 27.2 Å². The molecule has 2 N–H and O–H groups in total. The summed E-state index contributed by atoms with van der Waals surface area (Å²) >= 11 is 2.10. The molecule has 1 saturated carbocycles. The molecule has 1 aromatic heterocycles. The highest BCUT2D eigenvalue weighted by atomic mass is 32.2. The van der Waals surface area contributed by atoms with E-state index in [0.29, 0.717) is 18.5 Å². The molecule has 2 atom stereocenters. The minimum atomic E-state index is 0.533. The fourth-order valence-corrected chi connectivity index (χ4v) is 4.55. The zero-order valence-corrected chi connectivity index (χ0v) is 17.1. The van der Waals surface area contributed by atoms with Crippen LogP contribution in [-0.2, 0) is 13.1 Å². The Hall–Kier alpha value is -1.17. The molecule has 25 heavy (non-hydrogen) atoms. The molecule has 0 radical (unpaired) electrons. The predicted molar refractivity (Wildman–Crippen MR) is 109 cm³/mol. The van der Waals surface area contributed by atoms with E-state index in [1.54, 1.807) is 0 Å². The van der Waals surface area contributed by atoms with E-state index in [4.69, 9.17) is 4.99 Å². The molecule has 142 valence electrons. The van der Waals surface area contributed by atoms with Gasteiger partial charge in [-0.3, -0.25) is 0 Å². The zero-order valence-electron chi connectivity index (χ0n) is 16.3.